The fourth-order valence-electron chi connectivity index (χ4n) is 1.97. The van der Waals surface area contributed by atoms with Crippen molar-refractivity contribution in [3.05, 3.63) is 48.3 Å². The molecule has 0 saturated carbocycles. The number of hydrogen-bond acceptors (Lipinski definition) is 5. The van der Waals surface area contributed by atoms with Crippen LogP contribution in [0.5, 0.6) is 5.75 Å². The van der Waals surface area contributed by atoms with Crippen molar-refractivity contribution in [2.45, 2.75) is 6.92 Å². The van der Waals surface area contributed by atoms with Crippen LogP contribution in [-0.2, 0) is 4.79 Å². The van der Waals surface area contributed by atoms with Gasteiger partial charge < -0.3 is 21.1 Å². The Bertz CT molecular complexity index is 703. The first-order valence-electron chi connectivity index (χ1n) is 7.04. The molecule has 2 rings (SSSR count). The smallest absolute Gasteiger partial charge is 0.252 e. The number of nitrogens with zero attached hydrogens (tertiary/aromatic N) is 1. The molecule has 2 amide bonds. The molecule has 0 aliphatic heterocycles. The van der Waals surface area contributed by atoms with E-state index < -0.39 is 5.91 Å². The summed E-state index contributed by atoms with van der Waals surface area (Å²) in [6.07, 6.45) is 2.99. The van der Waals surface area contributed by atoms with Crippen molar-refractivity contribution in [1.29, 1.82) is 0 Å². The summed E-state index contributed by atoms with van der Waals surface area (Å²) in [4.78, 5) is 26.2. The number of aromatic nitrogens is 1. The molecular weight excluding hydrogens is 296 g/mol. The van der Waals surface area contributed by atoms with Crippen molar-refractivity contribution >= 4 is 23.2 Å². The van der Waals surface area contributed by atoms with Gasteiger partial charge in [-0.3, -0.25) is 14.6 Å². The number of amides is 2. The highest BCUT2D eigenvalue weighted by molar-refractivity contribution is 5.98. The zero-order valence-electron chi connectivity index (χ0n) is 12.7. The van der Waals surface area contributed by atoms with Gasteiger partial charge >= 0.3 is 0 Å². The molecular formula is C16H18N4O3. The van der Waals surface area contributed by atoms with Crippen LogP contribution in [0.1, 0.15) is 17.3 Å². The van der Waals surface area contributed by atoms with Crippen LogP contribution < -0.4 is 21.1 Å². The van der Waals surface area contributed by atoms with Gasteiger partial charge in [-0.15, -0.1) is 0 Å². The number of pyridine rings is 1. The Morgan fingerprint density at radius 1 is 1.30 bits per heavy atom. The van der Waals surface area contributed by atoms with E-state index in [1.54, 1.807) is 36.5 Å². The minimum absolute atomic E-state index is 0.138. The molecule has 0 aliphatic carbocycles. The number of benzene rings is 1. The highest BCUT2D eigenvalue weighted by atomic mass is 16.5. The van der Waals surface area contributed by atoms with Gasteiger partial charge in [0.05, 0.1) is 11.3 Å². The minimum Gasteiger partial charge on any atom is -0.492 e. The first kappa shape index (κ1) is 16.3. The quantitative estimate of drug-likeness (QED) is 0.673. The van der Waals surface area contributed by atoms with Crippen LogP contribution >= 0.6 is 0 Å². The summed E-state index contributed by atoms with van der Waals surface area (Å²) < 4.78 is 5.60. The molecule has 7 nitrogen and oxygen atoms in total. The summed E-state index contributed by atoms with van der Waals surface area (Å²) in [5, 5.41) is 5.76. The summed E-state index contributed by atoms with van der Waals surface area (Å²) in [5.41, 5.74) is 6.90. The first-order valence-corrected chi connectivity index (χ1v) is 7.04. The lowest BCUT2D eigenvalue weighted by Gasteiger charge is -2.11. The zero-order valence-corrected chi connectivity index (χ0v) is 12.7. The van der Waals surface area contributed by atoms with Crippen molar-refractivity contribution in [2.24, 2.45) is 5.73 Å². The fraction of sp³-hybridized carbons (Fsp3) is 0.188. The highest BCUT2D eigenvalue weighted by Gasteiger charge is 2.07. The molecule has 0 spiro atoms. The number of anilines is 2. The molecule has 0 fully saturated rings. The molecule has 0 unspecified atom stereocenters. The minimum atomic E-state index is -0.537. The van der Waals surface area contributed by atoms with Gasteiger partial charge in [0.2, 0.25) is 5.91 Å². The van der Waals surface area contributed by atoms with Gasteiger partial charge in [-0.05, 0) is 18.2 Å². The third-order valence-corrected chi connectivity index (χ3v) is 2.93. The number of carbonyl (C=O) groups excluding carboxylic acids is 2. The van der Waals surface area contributed by atoms with E-state index in [-0.39, 0.29) is 5.91 Å². The largest absolute Gasteiger partial charge is 0.492 e. The second-order valence-corrected chi connectivity index (χ2v) is 4.77. The fourth-order valence-corrected chi connectivity index (χ4v) is 1.97. The first-order chi connectivity index (χ1) is 11.1. The predicted molar refractivity (Wildman–Crippen MR) is 87.5 cm³/mol. The Morgan fingerprint density at radius 2 is 2.13 bits per heavy atom. The van der Waals surface area contributed by atoms with Crippen LogP contribution in [0.2, 0.25) is 0 Å². The Morgan fingerprint density at radius 3 is 2.87 bits per heavy atom. The molecule has 0 radical (unpaired) electrons. The van der Waals surface area contributed by atoms with Crippen LogP contribution in [0.25, 0.3) is 0 Å². The van der Waals surface area contributed by atoms with Gasteiger partial charge in [-0.2, -0.15) is 0 Å². The number of primary amides is 1. The third-order valence-electron chi connectivity index (χ3n) is 2.93. The summed E-state index contributed by atoms with van der Waals surface area (Å²) in [7, 11) is 0. The summed E-state index contributed by atoms with van der Waals surface area (Å²) in [6, 6.07) is 8.79. The average Bonchev–Trinajstić information content (AvgIpc) is 2.51. The molecule has 2 aromatic rings. The second kappa shape index (κ2) is 7.79. The maximum atomic E-state index is 11.3. The number of hydrogen-bond donors (Lipinski definition) is 3. The molecule has 0 saturated heterocycles. The lowest BCUT2D eigenvalue weighted by molar-refractivity contribution is -0.114. The Hall–Kier alpha value is -3.09. The van der Waals surface area contributed by atoms with Crippen molar-refractivity contribution in [3.8, 4) is 5.75 Å². The lowest BCUT2D eigenvalue weighted by atomic mass is 10.2. The van der Waals surface area contributed by atoms with Gasteiger partial charge in [0.15, 0.2) is 0 Å². The van der Waals surface area contributed by atoms with Crippen molar-refractivity contribution in [3.63, 3.8) is 0 Å². The summed E-state index contributed by atoms with van der Waals surface area (Å²) in [5.74, 6) is -0.0343. The molecule has 120 valence electrons. The molecule has 23 heavy (non-hydrogen) atoms. The summed E-state index contributed by atoms with van der Waals surface area (Å²) in [6.45, 7) is 2.31. The van der Waals surface area contributed by atoms with Gasteiger partial charge in [0, 0.05) is 37.6 Å². The highest BCUT2D eigenvalue weighted by Crippen LogP contribution is 2.17. The van der Waals surface area contributed by atoms with Gasteiger partial charge in [-0.25, -0.2) is 0 Å². The molecule has 0 aliphatic rings. The normalized spacial score (nSPS) is 9.96. The lowest BCUT2D eigenvalue weighted by Crippen LogP contribution is -2.17. The van der Waals surface area contributed by atoms with Gasteiger partial charge in [0.1, 0.15) is 12.4 Å². The number of carbonyl (C=O) groups is 2. The third kappa shape index (κ3) is 4.99. The molecule has 1 aromatic heterocycles. The van der Waals surface area contributed by atoms with Crippen molar-refractivity contribution in [2.75, 3.05) is 23.8 Å². The molecule has 7 heteroatoms. The molecule has 4 N–H and O–H groups in total. The monoisotopic (exact) mass is 314 g/mol. The van der Waals surface area contributed by atoms with Crippen LogP contribution in [0.15, 0.2) is 42.7 Å². The van der Waals surface area contributed by atoms with E-state index in [1.807, 2.05) is 0 Å². The second-order valence-electron chi connectivity index (χ2n) is 4.77. The van der Waals surface area contributed by atoms with Crippen molar-refractivity contribution in [1.82, 2.24) is 4.98 Å². The molecule has 0 bridgehead atoms. The Balaban J connectivity index is 1.86. The average molecular weight is 314 g/mol. The van der Waals surface area contributed by atoms with Crippen LogP contribution in [0, 0.1) is 0 Å². The maximum Gasteiger partial charge on any atom is 0.252 e. The van der Waals surface area contributed by atoms with E-state index in [4.69, 9.17) is 10.5 Å². The number of nitrogens with one attached hydrogen (secondary N) is 2. The Labute approximate surface area is 133 Å². The number of rotatable bonds is 7. The van der Waals surface area contributed by atoms with Crippen LogP contribution in [0.3, 0.4) is 0 Å². The van der Waals surface area contributed by atoms with E-state index in [1.165, 1.54) is 13.1 Å². The van der Waals surface area contributed by atoms with Crippen LogP contribution in [-0.4, -0.2) is 29.9 Å². The zero-order chi connectivity index (χ0) is 16.7. The predicted octanol–water partition coefficient (Wildman–Crippen LogP) is 1.63. The maximum absolute atomic E-state index is 11.3. The van der Waals surface area contributed by atoms with E-state index >= 15 is 0 Å². The topological polar surface area (TPSA) is 106 Å². The number of ether oxygens (including phenoxy) is 1. The van der Waals surface area contributed by atoms with E-state index in [2.05, 4.69) is 15.6 Å². The summed E-state index contributed by atoms with van der Waals surface area (Å²) >= 11 is 0. The molecule has 0 atom stereocenters. The van der Waals surface area contributed by atoms with Gasteiger partial charge in [0.25, 0.3) is 5.91 Å². The SMILES string of the molecule is CC(=O)Nc1cccc(OCCNc2ccncc2C(N)=O)c1. The number of nitrogens with two attached hydrogens (primary N) is 1. The van der Waals surface area contributed by atoms with Gasteiger partial charge in [-0.1, -0.05) is 6.07 Å². The van der Waals surface area contributed by atoms with E-state index in [0.717, 1.165) is 0 Å². The molecule has 1 heterocycles. The van der Waals surface area contributed by atoms with Crippen molar-refractivity contribution < 1.29 is 14.3 Å². The van der Waals surface area contributed by atoms with Crippen LogP contribution in [0.4, 0.5) is 11.4 Å². The van der Waals surface area contributed by atoms with E-state index in [9.17, 15) is 9.59 Å². The molecule has 1 aromatic carbocycles. The Kier molecular flexibility index (Phi) is 5.51. The van der Waals surface area contributed by atoms with E-state index in [0.29, 0.717) is 35.8 Å². The standard InChI is InChI=1S/C16H18N4O3/c1-11(21)20-12-3-2-4-13(9-12)23-8-7-19-15-5-6-18-10-14(15)16(17)22/h2-6,9-10H,7-8H2,1H3,(H2,17,22)(H,18,19)(H,20,21).